The number of aryl methyl sites for hydroxylation is 1. The Morgan fingerprint density at radius 2 is 1.64 bits per heavy atom. The molecule has 2 aromatic heterocycles. The van der Waals surface area contributed by atoms with Gasteiger partial charge in [-0.1, -0.05) is 0 Å². The standard InChI is InChI=1S/C18H6F8N4O2.Mn/c1-5-10(14(31)6-2-8(19)7(4-27)9(20)3-6)17(32)30(29-5)13-11(21)15(18(24,25)26)28-16(23)12(13)22;/h2-3,32H,1H3;. The Morgan fingerprint density at radius 1 is 1.09 bits per heavy atom. The van der Waals surface area contributed by atoms with Gasteiger partial charge in [0, 0.05) is 22.6 Å². The minimum Gasteiger partial charge on any atom is -0.493 e. The number of aromatic nitrogens is 3. The number of halogens is 8. The molecule has 3 rings (SSSR count). The van der Waals surface area contributed by atoms with E-state index in [9.17, 15) is 45.0 Å². The van der Waals surface area contributed by atoms with Crippen LogP contribution in [0.25, 0.3) is 5.69 Å². The number of aromatic hydroxyl groups is 1. The fourth-order valence-corrected chi connectivity index (χ4v) is 2.77. The van der Waals surface area contributed by atoms with Gasteiger partial charge < -0.3 is 5.11 Å². The van der Waals surface area contributed by atoms with Crippen LogP contribution in [0.2, 0.25) is 0 Å². The topological polar surface area (TPSA) is 91.8 Å². The first kappa shape index (κ1) is 25.8. The van der Waals surface area contributed by atoms with Gasteiger partial charge >= 0.3 is 6.18 Å². The maximum absolute atomic E-state index is 14.4. The molecule has 1 radical (unpaired) electrons. The second kappa shape index (κ2) is 8.80. The Kier molecular flexibility index (Phi) is 6.87. The number of alkyl halides is 3. The minimum atomic E-state index is -5.55. The van der Waals surface area contributed by atoms with E-state index in [4.69, 9.17) is 5.26 Å². The molecule has 0 amide bonds. The van der Waals surface area contributed by atoms with Gasteiger partial charge in [0.15, 0.2) is 11.5 Å². The molecular formula is C18H6F8MnN4O2. The van der Waals surface area contributed by atoms with Crippen LogP contribution in [0.15, 0.2) is 12.1 Å². The van der Waals surface area contributed by atoms with E-state index in [0.29, 0.717) is 12.1 Å². The molecule has 173 valence electrons. The van der Waals surface area contributed by atoms with Crippen LogP contribution in [-0.4, -0.2) is 25.7 Å². The molecular weight excluding hydrogens is 511 g/mol. The van der Waals surface area contributed by atoms with E-state index in [-0.39, 0.29) is 21.8 Å². The van der Waals surface area contributed by atoms with E-state index in [0.717, 1.165) is 6.92 Å². The molecule has 0 saturated carbocycles. The fraction of sp³-hybridized carbons (Fsp3) is 0.111. The number of hydrogen-bond donors (Lipinski definition) is 1. The maximum Gasteiger partial charge on any atom is 0.436 e. The van der Waals surface area contributed by atoms with Gasteiger partial charge in [-0.05, 0) is 19.1 Å². The van der Waals surface area contributed by atoms with Crippen molar-refractivity contribution >= 4 is 5.78 Å². The van der Waals surface area contributed by atoms with Crippen LogP contribution in [0, 0.1) is 47.5 Å². The Bertz CT molecular complexity index is 1310. The summed E-state index contributed by atoms with van der Waals surface area (Å²) in [4.78, 5) is 14.8. The van der Waals surface area contributed by atoms with E-state index in [1.807, 2.05) is 0 Å². The molecule has 33 heavy (non-hydrogen) atoms. The number of ketones is 1. The molecule has 3 aromatic rings. The van der Waals surface area contributed by atoms with Gasteiger partial charge in [-0.15, -0.1) is 0 Å². The molecule has 0 aliphatic carbocycles. The first-order valence-electron chi connectivity index (χ1n) is 8.14. The summed E-state index contributed by atoms with van der Waals surface area (Å²) in [5.41, 5.74) is -7.52. The Morgan fingerprint density at radius 3 is 2.12 bits per heavy atom. The third-order valence-electron chi connectivity index (χ3n) is 4.17. The van der Waals surface area contributed by atoms with Gasteiger partial charge in [0.2, 0.25) is 17.5 Å². The smallest absolute Gasteiger partial charge is 0.436 e. The predicted molar refractivity (Wildman–Crippen MR) is 87.1 cm³/mol. The van der Waals surface area contributed by atoms with E-state index in [1.165, 1.54) is 6.07 Å². The first-order chi connectivity index (χ1) is 14.8. The molecule has 2 heterocycles. The minimum absolute atomic E-state index is 0. The molecule has 0 aliphatic heterocycles. The second-order valence-electron chi connectivity index (χ2n) is 6.18. The van der Waals surface area contributed by atoms with Crippen LogP contribution in [0.3, 0.4) is 0 Å². The third kappa shape index (κ3) is 4.27. The van der Waals surface area contributed by atoms with Crippen LogP contribution in [0.4, 0.5) is 35.1 Å². The third-order valence-corrected chi connectivity index (χ3v) is 4.17. The monoisotopic (exact) mass is 517 g/mol. The number of nitriles is 1. The molecule has 0 spiro atoms. The van der Waals surface area contributed by atoms with Gasteiger partial charge in [-0.2, -0.15) is 37.0 Å². The Hall–Kier alpha value is -3.50. The fourth-order valence-electron chi connectivity index (χ4n) is 2.77. The number of carbonyl (C=O) groups is 1. The SMILES string of the molecule is Cc1nn(-c2c(F)c(F)nc(C(F)(F)F)c2F)c(O)c1C(=O)c1cc(F)c(C#N)c(F)c1.[Mn]. The number of carbonyl (C=O) groups excluding carboxylic acids is 1. The van der Waals surface area contributed by atoms with Crippen molar-refractivity contribution in [3.63, 3.8) is 0 Å². The number of nitrogens with zero attached hydrogens (tertiary/aromatic N) is 4. The van der Waals surface area contributed by atoms with Crippen molar-refractivity contribution in [1.82, 2.24) is 14.8 Å². The molecule has 1 N–H and O–H groups in total. The summed E-state index contributed by atoms with van der Waals surface area (Å²) in [6.07, 6.45) is -5.55. The summed E-state index contributed by atoms with van der Waals surface area (Å²) in [5.74, 6) is -12.8. The zero-order valence-corrected chi connectivity index (χ0v) is 16.9. The van der Waals surface area contributed by atoms with Crippen molar-refractivity contribution in [3.8, 4) is 17.6 Å². The van der Waals surface area contributed by atoms with Crippen LogP contribution in [0.1, 0.15) is 32.9 Å². The van der Waals surface area contributed by atoms with E-state index in [2.05, 4.69) is 10.1 Å². The normalized spacial score (nSPS) is 11.2. The van der Waals surface area contributed by atoms with Crippen molar-refractivity contribution < 1.29 is 62.1 Å². The second-order valence-corrected chi connectivity index (χ2v) is 6.18. The van der Waals surface area contributed by atoms with Crippen LogP contribution < -0.4 is 0 Å². The molecule has 0 aliphatic rings. The molecule has 0 fully saturated rings. The van der Waals surface area contributed by atoms with Gasteiger partial charge in [0.1, 0.15) is 34.5 Å². The van der Waals surface area contributed by atoms with E-state index >= 15 is 0 Å². The molecule has 0 unspecified atom stereocenters. The molecule has 0 bridgehead atoms. The summed E-state index contributed by atoms with van der Waals surface area (Å²) < 4.78 is 108. The quantitative estimate of drug-likeness (QED) is 0.245. The first-order valence-corrected chi connectivity index (χ1v) is 8.14. The summed E-state index contributed by atoms with van der Waals surface area (Å²) in [7, 11) is 0. The van der Waals surface area contributed by atoms with Crippen molar-refractivity contribution in [2.45, 2.75) is 13.1 Å². The zero-order chi connectivity index (χ0) is 24.1. The largest absolute Gasteiger partial charge is 0.493 e. The van der Waals surface area contributed by atoms with Crippen molar-refractivity contribution in [2.75, 3.05) is 0 Å². The average molecular weight is 517 g/mol. The number of hydrogen-bond acceptors (Lipinski definition) is 5. The number of rotatable bonds is 3. The van der Waals surface area contributed by atoms with Gasteiger partial charge in [-0.25, -0.2) is 18.2 Å². The molecule has 15 heteroatoms. The summed E-state index contributed by atoms with van der Waals surface area (Å²) in [6.45, 7) is 0.970. The van der Waals surface area contributed by atoms with Crippen molar-refractivity contribution in [1.29, 1.82) is 5.26 Å². The predicted octanol–water partition coefficient (Wildman–Crippen LogP) is 4.10. The number of benzene rings is 1. The van der Waals surface area contributed by atoms with Crippen LogP contribution in [-0.2, 0) is 23.2 Å². The molecule has 1 aromatic carbocycles. The van der Waals surface area contributed by atoms with Gasteiger partial charge in [0.05, 0.1) is 5.69 Å². The average Bonchev–Trinajstić information content (AvgIpc) is 2.97. The van der Waals surface area contributed by atoms with Gasteiger partial charge in [-0.3, -0.25) is 4.79 Å². The maximum atomic E-state index is 14.4. The van der Waals surface area contributed by atoms with Crippen molar-refractivity contribution in [2.24, 2.45) is 0 Å². The zero-order valence-electron chi connectivity index (χ0n) is 15.7. The molecule has 0 atom stereocenters. The molecule has 0 saturated heterocycles. The summed E-state index contributed by atoms with van der Waals surface area (Å²) in [5, 5.41) is 22.3. The van der Waals surface area contributed by atoms with Gasteiger partial charge in [0.25, 0.3) is 5.95 Å². The van der Waals surface area contributed by atoms with Crippen molar-refractivity contribution in [3.05, 3.63) is 69.4 Å². The Labute approximate surface area is 188 Å². The summed E-state index contributed by atoms with van der Waals surface area (Å²) >= 11 is 0. The molecule has 6 nitrogen and oxygen atoms in total. The Balaban J connectivity index is 0.00000385. The van der Waals surface area contributed by atoms with E-state index < -0.39 is 80.8 Å². The number of pyridine rings is 1. The van der Waals surface area contributed by atoms with Crippen LogP contribution >= 0.6 is 0 Å². The van der Waals surface area contributed by atoms with Crippen LogP contribution in [0.5, 0.6) is 5.88 Å². The van der Waals surface area contributed by atoms with E-state index in [1.54, 1.807) is 0 Å². The summed E-state index contributed by atoms with van der Waals surface area (Å²) in [6, 6.07) is 2.06.